The van der Waals surface area contributed by atoms with Crippen molar-refractivity contribution in [1.82, 2.24) is 35.2 Å². The lowest BCUT2D eigenvalue weighted by Crippen LogP contribution is -2.29. The lowest BCUT2D eigenvalue weighted by atomic mass is 10.1. The highest BCUT2D eigenvalue weighted by Crippen LogP contribution is 2.17. The average molecular weight is 452 g/mol. The quantitative estimate of drug-likeness (QED) is 0.575. The van der Waals surface area contributed by atoms with E-state index >= 15 is 0 Å². The molecule has 1 amide bonds. The van der Waals surface area contributed by atoms with Gasteiger partial charge in [0.2, 0.25) is 0 Å². The van der Waals surface area contributed by atoms with E-state index in [9.17, 15) is 4.79 Å². The van der Waals surface area contributed by atoms with Gasteiger partial charge >= 0.3 is 0 Å². The smallest absolute Gasteiger partial charge is 0.273 e. The van der Waals surface area contributed by atoms with Crippen LogP contribution in [0, 0.1) is 0 Å². The number of piperidine rings is 1. The largest absolute Gasteiger partial charge is 0.343 e. The normalized spacial score (nSPS) is 13.9. The molecule has 1 aromatic carbocycles. The van der Waals surface area contributed by atoms with Crippen LogP contribution in [0.15, 0.2) is 48.9 Å². The molecule has 0 unspecified atom stereocenters. The Balaban J connectivity index is 0.00000160. The summed E-state index contributed by atoms with van der Waals surface area (Å²) >= 11 is 0. The summed E-state index contributed by atoms with van der Waals surface area (Å²) in [5.74, 6) is 0.604. The van der Waals surface area contributed by atoms with Gasteiger partial charge < -0.3 is 15.2 Å². The summed E-state index contributed by atoms with van der Waals surface area (Å²) in [7, 11) is 0. The van der Waals surface area contributed by atoms with Crippen molar-refractivity contribution in [3.8, 4) is 0 Å². The van der Waals surface area contributed by atoms with E-state index in [0.717, 1.165) is 44.7 Å². The molecule has 1 fully saturated rings. The third kappa shape index (κ3) is 6.04. The van der Waals surface area contributed by atoms with Gasteiger partial charge in [0, 0.05) is 18.9 Å². The third-order valence-electron chi connectivity index (χ3n) is 5.12. The Hall–Kier alpha value is -2.42. The van der Waals surface area contributed by atoms with Gasteiger partial charge in [-0.3, -0.25) is 4.79 Å². The van der Waals surface area contributed by atoms with E-state index in [1.54, 1.807) is 12.4 Å². The van der Waals surface area contributed by atoms with E-state index in [1.807, 2.05) is 29.1 Å². The molecule has 0 spiro atoms. The number of rotatable bonds is 7. The number of halogens is 2. The molecular formula is C20H27Cl2N7O. The fraction of sp³-hybridized carbons (Fsp3) is 0.400. The van der Waals surface area contributed by atoms with Crippen LogP contribution in [0.4, 0.5) is 0 Å². The maximum absolute atomic E-state index is 12.5. The Morgan fingerprint density at radius 2 is 1.93 bits per heavy atom. The first-order valence-corrected chi connectivity index (χ1v) is 9.74. The molecule has 1 aliphatic rings. The van der Waals surface area contributed by atoms with Crippen LogP contribution < -0.4 is 10.6 Å². The van der Waals surface area contributed by atoms with Crippen molar-refractivity contribution in [3.05, 3.63) is 66.0 Å². The van der Waals surface area contributed by atoms with Crippen LogP contribution in [-0.2, 0) is 19.5 Å². The first-order chi connectivity index (χ1) is 13.8. The van der Waals surface area contributed by atoms with Gasteiger partial charge in [0.15, 0.2) is 5.69 Å². The molecule has 0 bridgehead atoms. The molecule has 30 heavy (non-hydrogen) atoms. The monoisotopic (exact) mass is 451 g/mol. The molecule has 1 aliphatic heterocycles. The topological polar surface area (TPSA) is 89.7 Å². The number of amides is 1. The molecule has 3 aromatic rings. The summed E-state index contributed by atoms with van der Waals surface area (Å²) < 4.78 is 3.88. The van der Waals surface area contributed by atoms with Crippen molar-refractivity contribution in [2.45, 2.75) is 38.4 Å². The molecule has 1 saturated heterocycles. The van der Waals surface area contributed by atoms with E-state index in [-0.39, 0.29) is 30.7 Å². The zero-order valence-corrected chi connectivity index (χ0v) is 18.2. The van der Waals surface area contributed by atoms with Crippen molar-refractivity contribution in [2.75, 3.05) is 13.1 Å². The maximum Gasteiger partial charge on any atom is 0.273 e. The van der Waals surface area contributed by atoms with E-state index < -0.39 is 0 Å². The molecule has 10 heteroatoms. The number of hydrogen-bond acceptors (Lipinski definition) is 5. The van der Waals surface area contributed by atoms with Crippen LogP contribution in [0.2, 0.25) is 0 Å². The minimum atomic E-state index is -0.224. The predicted molar refractivity (Wildman–Crippen MR) is 119 cm³/mol. The standard InChI is InChI=1S/C20H25N7O.2ClH/c28-20(18-15-27(25-24-18)17-6-9-21-10-7-17)23-14-19-22-11-13-26(19)12-8-16-4-2-1-3-5-16;;/h1-5,11,13,15,17,21H,6-10,12,14H2,(H,23,28);2*1H. The molecule has 3 heterocycles. The van der Waals surface area contributed by atoms with Crippen LogP contribution >= 0.6 is 24.8 Å². The van der Waals surface area contributed by atoms with Crippen molar-refractivity contribution in [1.29, 1.82) is 0 Å². The average Bonchev–Trinajstić information content (AvgIpc) is 3.42. The van der Waals surface area contributed by atoms with Crippen molar-refractivity contribution < 1.29 is 4.79 Å². The van der Waals surface area contributed by atoms with Gasteiger partial charge in [0.1, 0.15) is 5.82 Å². The summed E-state index contributed by atoms with van der Waals surface area (Å²) in [6, 6.07) is 10.6. The number of carbonyl (C=O) groups is 1. The third-order valence-corrected chi connectivity index (χ3v) is 5.12. The Labute approximate surface area is 188 Å². The fourth-order valence-corrected chi connectivity index (χ4v) is 3.49. The van der Waals surface area contributed by atoms with Crippen molar-refractivity contribution >= 4 is 30.7 Å². The molecule has 2 aromatic heterocycles. The van der Waals surface area contributed by atoms with Crippen LogP contribution in [0.3, 0.4) is 0 Å². The van der Waals surface area contributed by atoms with Crippen LogP contribution in [-0.4, -0.2) is 43.5 Å². The second kappa shape index (κ2) is 11.7. The Morgan fingerprint density at radius 3 is 2.70 bits per heavy atom. The number of aryl methyl sites for hydroxylation is 2. The first kappa shape index (κ1) is 23.9. The second-order valence-corrected chi connectivity index (χ2v) is 7.02. The lowest BCUT2D eigenvalue weighted by molar-refractivity contribution is 0.0944. The van der Waals surface area contributed by atoms with E-state index in [1.165, 1.54) is 5.56 Å². The number of hydrogen-bond donors (Lipinski definition) is 2. The van der Waals surface area contributed by atoms with Gasteiger partial charge in [-0.2, -0.15) is 0 Å². The molecule has 4 rings (SSSR count). The number of imidazole rings is 1. The highest BCUT2D eigenvalue weighted by Gasteiger charge is 2.19. The van der Waals surface area contributed by atoms with Gasteiger partial charge in [-0.15, -0.1) is 29.9 Å². The number of nitrogens with zero attached hydrogens (tertiary/aromatic N) is 5. The molecule has 8 nitrogen and oxygen atoms in total. The summed E-state index contributed by atoms with van der Waals surface area (Å²) in [5.41, 5.74) is 1.63. The molecule has 0 aliphatic carbocycles. The minimum Gasteiger partial charge on any atom is -0.343 e. The van der Waals surface area contributed by atoms with Gasteiger partial charge in [-0.25, -0.2) is 9.67 Å². The zero-order valence-electron chi connectivity index (χ0n) is 16.6. The molecule has 2 N–H and O–H groups in total. The summed E-state index contributed by atoms with van der Waals surface area (Å²) in [6.45, 7) is 3.12. The summed E-state index contributed by atoms with van der Waals surface area (Å²) in [4.78, 5) is 16.8. The fourth-order valence-electron chi connectivity index (χ4n) is 3.49. The van der Waals surface area contributed by atoms with Crippen molar-refractivity contribution in [2.24, 2.45) is 0 Å². The highest BCUT2D eigenvalue weighted by molar-refractivity contribution is 5.91. The van der Waals surface area contributed by atoms with Gasteiger partial charge in [-0.1, -0.05) is 35.5 Å². The second-order valence-electron chi connectivity index (χ2n) is 7.02. The SMILES string of the molecule is Cl.Cl.O=C(NCc1nccn1CCc1ccccc1)c1cn(C2CCNCC2)nn1. The number of carbonyl (C=O) groups excluding carboxylic acids is 1. The van der Waals surface area contributed by atoms with Crippen LogP contribution in [0.5, 0.6) is 0 Å². The van der Waals surface area contributed by atoms with E-state index in [4.69, 9.17) is 0 Å². The van der Waals surface area contributed by atoms with Crippen LogP contribution in [0.25, 0.3) is 0 Å². The minimum absolute atomic E-state index is 0. The summed E-state index contributed by atoms with van der Waals surface area (Å²) in [6.07, 6.45) is 8.38. The van der Waals surface area contributed by atoms with Gasteiger partial charge in [-0.05, 0) is 37.9 Å². The van der Waals surface area contributed by atoms with Crippen LogP contribution in [0.1, 0.15) is 40.8 Å². The number of benzene rings is 1. The van der Waals surface area contributed by atoms with E-state index in [2.05, 4.69) is 42.6 Å². The molecular weight excluding hydrogens is 425 g/mol. The maximum atomic E-state index is 12.5. The Bertz CT molecular complexity index is 907. The zero-order chi connectivity index (χ0) is 19.2. The van der Waals surface area contributed by atoms with E-state index in [0.29, 0.717) is 18.3 Å². The Kier molecular flexibility index (Phi) is 9.29. The summed E-state index contributed by atoms with van der Waals surface area (Å²) in [5, 5.41) is 14.4. The lowest BCUT2D eigenvalue weighted by Gasteiger charge is -2.22. The molecule has 0 saturated carbocycles. The Morgan fingerprint density at radius 1 is 1.17 bits per heavy atom. The molecule has 0 radical (unpaired) electrons. The molecule has 0 atom stereocenters. The number of nitrogens with one attached hydrogen (secondary N) is 2. The van der Waals surface area contributed by atoms with Gasteiger partial charge in [0.25, 0.3) is 5.91 Å². The van der Waals surface area contributed by atoms with Crippen molar-refractivity contribution in [3.63, 3.8) is 0 Å². The molecule has 162 valence electrons. The van der Waals surface area contributed by atoms with Gasteiger partial charge in [0.05, 0.1) is 18.8 Å². The first-order valence-electron chi connectivity index (χ1n) is 9.74. The number of aromatic nitrogens is 5. The predicted octanol–water partition coefficient (Wildman–Crippen LogP) is 2.42. The highest BCUT2D eigenvalue weighted by atomic mass is 35.5.